The molecule has 1 fully saturated rings. The van der Waals surface area contributed by atoms with Crippen LogP contribution in [0.3, 0.4) is 0 Å². The fourth-order valence-corrected chi connectivity index (χ4v) is 3.99. The number of amides is 1. The number of piperazine rings is 1. The summed E-state index contributed by atoms with van der Waals surface area (Å²) in [4.78, 5) is 20.4. The molecule has 3 heterocycles. The molecule has 5 nitrogen and oxygen atoms in total. The van der Waals surface area contributed by atoms with E-state index in [1.54, 1.807) is 9.80 Å². The lowest BCUT2D eigenvalue weighted by Crippen LogP contribution is -2.52. The Morgan fingerprint density at radius 3 is 2.59 bits per heavy atom. The first-order valence-corrected chi connectivity index (χ1v) is 9.68. The summed E-state index contributed by atoms with van der Waals surface area (Å²) in [5.74, 6) is 0.931. The minimum absolute atomic E-state index is 0.0330. The van der Waals surface area contributed by atoms with Crippen LogP contribution in [0.1, 0.15) is 11.1 Å². The number of hydrogen-bond acceptors (Lipinski definition) is 4. The normalized spacial score (nSPS) is 19.5. The van der Waals surface area contributed by atoms with Gasteiger partial charge >= 0.3 is 6.18 Å². The molecule has 9 heteroatoms. The van der Waals surface area contributed by atoms with Gasteiger partial charge in [-0.1, -0.05) is 29.8 Å². The van der Waals surface area contributed by atoms with Crippen LogP contribution in [0.5, 0.6) is 5.75 Å². The molecule has 0 spiro atoms. The van der Waals surface area contributed by atoms with Crippen molar-refractivity contribution in [3.8, 4) is 5.75 Å². The molecule has 0 saturated carbocycles. The van der Waals surface area contributed by atoms with E-state index in [9.17, 15) is 18.0 Å². The van der Waals surface area contributed by atoms with Crippen LogP contribution in [-0.2, 0) is 17.4 Å². The van der Waals surface area contributed by atoms with Crippen molar-refractivity contribution >= 4 is 23.3 Å². The van der Waals surface area contributed by atoms with Crippen LogP contribution in [0.15, 0.2) is 36.5 Å². The molecule has 0 N–H and O–H groups in total. The zero-order valence-electron chi connectivity index (χ0n) is 15.5. The molecule has 0 aliphatic carbocycles. The number of hydrogen-bond donors (Lipinski definition) is 0. The van der Waals surface area contributed by atoms with Crippen molar-refractivity contribution in [1.82, 2.24) is 9.88 Å². The van der Waals surface area contributed by atoms with Gasteiger partial charge in [-0.25, -0.2) is 4.98 Å². The first-order valence-electron chi connectivity index (χ1n) is 9.30. The van der Waals surface area contributed by atoms with Crippen molar-refractivity contribution in [2.24, 2.45) is 5.92 Å². The molecule has 0 bridgehead atoms. The van der Waals surface area contributed by atoms with Crippen LogP contribution in [0.4, 0.5) is 19.0 Å². The van der Waals surface area contributed by atoms with Crippen LogP contribution < -0.4 is 9.64 Å². The summed E-state index contributed by atoms with van der Waals surface area (Å²) in [6, 6.07) is 8.58. The third-order valence-electron chi connectivity index (χ3n) is 5.27. The molecule has 0 radical (unpaired) electrons. The predicted octanol–water partition coefficient (Wildman–Crippen LogP) is 3.65. The Hall–Kier alpha value is -2.48. The topological polar surface area (TPSA) is 45.7 Å². The molecule has 29 heavy (non-hydrogen) atoms. The van der Waals surface area contributed by atoms with E-state index in [1.807, 2.05) is 24.3 Å². The summed E-state index contributed by atoms with van der Waals surface area (Å²) in [5, 5.41) is -0.0445. The van der Waals surface area contributed by atoms with Crippen LogP contribution in [-0.4, -0.2) is 48.6 Å². The second kappa shape index (κ2) is 7.74. The van der Waals surface area contributed by atoms with Gasteiger partial charge in [0.2, 0.25) is 5.91 Å². The highest BCUT2D eigenvalue weighted by Crippen LogP contribution is 2.34. The molecule has 2 aliphatic heterocycles. The second-order valence-corrected chi connectivity index (χ2v) is 7.57. The summed E-state index contributed by atoms with van der Waals surface area (Å²) in [6.07, 6.45) is -3.06. The SMILES string of the molecule is O=C([C@@H]1COc2ccccc2C1)N1CCN(c2ncc(C(F)(F)F)cc2Cl)CC1. The molecule has 1 saturated heterocycles. The van der Waals surface area contributed by atoms with Gasteiger partial charge in [-0.05, 0) is 24.1 Å². The van der Waals surface area contributed by atoms with E-state index < -0.39 is 11.7 Å². The highest BCUT2D eigenvalue weighted by atomic mass is 35.5. The van der Waals surface area contributed by atoms with Gasteiger partial charge < -0.3 is 14.5 Å². The highest BCUT2D eigenvalue weighted by molar-refractivity contribution is 6.33. The van der Waals surface area contributed by atoms with E-state index in [0.29, 0.717) is 45.0 Å². The fourth-order valence-electron chi connectivity index (χ4n) is 3.70. The van der Waals surface area contributed by atoms with E-state index in [0.717, 1.165) is 23.6 Å². The van der Waals surface area contributed by atoms with Crippen LogP contribution in [0.25, 0.3) is 0 Å². The third-order valence-corrected chi connectivity index (χ3v) is 5.55. The molecule has 2 aromatic rings. The van der Waals surface area contributed by atoms with Crippen LogP contribution in [0.2, 0.25) is 5.02 Å². The summed E-state index contributed by atoms with van der Waals surface area (Å²) in [7, 11) is 0. The maximum atomic E-state index is 12.9. The summed E-state index contributed by atoms with van der Waals surface area (Å²) < 4.78 is 44.1. The van der Waals surface area contributed by atoms with E-state index in [1.165, 1.54) is 0 Å². The molecule has 1 aromatic carbocycles. The monoisotopic (exact) mass is 425 g/mol. The Morgan fingerprint density at radius 2 is 1.90 bits per heavy atom. The number of fused-ring (bicyclic) bond motifs is 1. The van der Waals surface area contributed by atoms with Crippen LogP contribution >= 0.6 is 11.6 Å². The number of benzene rings is 1. The van der Waals surface area contributed by atoms with E-state index in [-0.39, 0.29) is 16.8 Å². The minimum Gasteiger partial charge on any atom is -0.492 e. The lowest BCUT2D eigenvalue weighted by molar-refractivity contribution is -0.138. The number of halogens is 4. The van der Waals surface area contributed by atoms with Gasteiger partial charge in [-0.2, -0.15) is 13.2 Å². The standard InChI is InChI=1S/C20H19ClF3N3O2/c21-16-10-15(20(22,23)24)11-25-18(16)26-5-7-27(8-6-26)19(28)14-9-13-3-1-2-4-17(13)29-12-14/h1-4,10-11,14H,5-9,12H2/t14-/m0/s1. The van der Waals surface area contributed by atoms with Crippen molar-refractivity contribution in [1.29, 1.82) is 0 Å². The van der Waals surface area contributed by atoms with Gasteiger partial charge in [0.1, 0.15) is 18.2 Å². The first kappa shape index (κ1) is 19.8. The summed E-state index contributed by atoms with van der Waals surface area (Å²) in [5.41, 5.74) is 0.147. The molecular formula is C20H19ClF3N3O2. The van der Waals surface area contributed by atoms with Crippen molar-refractivity contribution in [3.05, 3.63) is 52.7 Å². The van der Waals surface area contributed by atoms with Gasteiger partial charge in [0.15, 0.2) is 0 Å². The summed E-state index contributed by atoms with van der Waals surface area (Å²) in [6.45, 7) is 2.16. The number of aromatic nitrogens is 1. The Kier molecular flexibility index (Phi) is 5.29. The number of pyridine rings is 1. The maximum absolute atomic E-state index is 12.9. The Bertz CT molecular complexity index is 914. The number of para-hydroxylation sites is 1. The minimum atomic E-state index is -4.49. The fraction of sp³-hybridized carbons (Fsp3) is 0.400. The number of nitrogens with zero attached hydrogens (tertiary/aromatic N) is 3. The first-order chi connectivity index (χ1) is 13.8. The van der Waals surface area contributed by atoms with Gasteiger partial charge in [-0.15, -0.1) is 0 Å². The smallest absolute Gasteiger partial charge is 0.417 e. The average Bonchev–Trinajstić information content (AvgIpc) is 2.72. The lowest BCUT2D eigenvalue weighted by atomic mass is 9.95. The molecule has 2 aliphatic rings. The van der Waals surface area contributed by atoms with Gasteiger partial charge in [0.05, 0.1) is 16.5 Å². The van der Waals surface area contributed by atoms with Crippen LogP contribution in [0, 0.1) is 5.92 Å². The Morgan fingerprint density at radius 1 is 1.17 bits per heavy atom. The Balaban J connectivity index is 1.38. The molecular weight excluding hydrogens is 407 g/mol. The van der Waals surface area contributed by atoms with Crippen molar-refractivity contribution in [2.45, 2.75) is 12.6 Å². The molecule has 154 valence electrons. The Labute approximate surface area is 171 Å². The third kappa shape index (κ3) is 4.12. The highest BCUT2D eigenvalue weighted by Gasteiger charge is 2.34. The van der Waals surface area contributed by atoms with Gasteiger partial charge in [0, 0.05) is 32.4 Å². The molecule has 1 atom stereocenters. The van der Waals surface area contributed by atoms with Gasteiger partial charge in [0.25, 0.3) is 0 Å². The number of anilines is 1. The zero-order valence-corrected chi connectivity index (χ0v) is 16.2. The average molecular weight is 426 g/mol. The predicted molar refractivity (Wildman–Crippen MR) is 102 cm³/mol. The number of alkyl halides is 3. The number of ether oxygens (including phenoxy) is 1. The molecule has 4 rings (SSSR count). The molecule has 0 unspecified atom stereocenters. The van der Waals surface area contributed by atoms with Gasteiger partial charge in [-0.3, -0.25) is 4.79 Å². The number of carbonyl (C=O) groups is 1. The second-order valence-electron chi connectivity index (χ2n) is 7.16. The van der Waals surface area contributed by atoms with E-state index in [2.05, 4.69) is 4.98 Å². The van der Waals surface area contributed by atoms with E-state index in [4.69, 9.17) is 16.3 Å². The zero-order chi connectivity index (χ0) is 20.6. The van der Waals surface area contributed by atoms with Crippen molar-refractivity contribution in [2.75, 3.05) is 37.7 Å². The molecule has 1 aromatic heterocycles. The number of rotatable bonds is 2. The largest absolute Gasteiger partial charge is 0.492 e. The van der Waals surface area contributed by atoms with Crippen molar-refractivity contribution < 1.29 is 22.7 Å². The van der Waals surface area contributed by atoms with E-state index >= 15 is 0 Å². The number of carbonyl (C=O) groups excluding carboxylic acids is 1. The summed E-state index contributed by atoms with van der Waals surface area (Å²) >= 11 is 6.04. The lowest BCUT2D eigenvalue weighted by Gasteiger charge is -2.38. The quantitative estimate of drug-likeness (QED) is 0.736. The molecule has 1 amide bonds. The maximum Gasteiger partial charge on any atom is 0.417 e. The van der Waals surface area contributed by atoms with Crippen molar-refractivity contribution in [3.63, 3.8) is 0 Å².